The third-order valence-corrected chi connectivity index (χ3v) is 2.61. The molecule has 1 heterocycles. The number of hydrazone groups is 1. The number of benzene rings is 1. The van der Waals surface area contributed by atoms with Gasteiger partial charge < -0.3 is 0 Å². The van der Waals surface area contributed by atoms with Crippen LogP contribution < -0.4 is 5.43 Å². The average Bonchev–Trinajstić information content (AvgIpc) is 2.30. The summed E-state index contributed by atoms with van der Waals surface area (Å²) in [4.78, 5) is 3.94. The molecule has 0 atom stereocenters. The van der Waals surface area contributed by atoms with E-state index in [1.807, 2.05) is 36.4 Å². The maximum atomic E-state index is 4.15. The molecule has 16 heavy (non-hydrogen) atoms. The van der Waals surface area contributed by atoms with Crippen molar-refractivity contribution in [3.63, 3.8) is 0 Å². The summed E-state index contributed by atoms with van der Waals surface area (Å²) in [6, 6.07) is 11.8. The number of nitrogens with one attached hydrogen (secondary N) is 1. The van der Waals surface area contributed by atoms with E-state index in [0.717, 1.165) is 11.3 Å². The van der Waals surface area contributed by atoms with Gasteiger partial charge in [0.05, 0.1) is 11.9 Å². The first kappa shape index (κ1) is 11.1. The van der Waals surface area contributed by atoms with E-state index in [4.69, 9.17) is 0 Å². The Labute approximate surface area is 108 Å². The van der Waals surface area contributed by atoms with Crippen LogP contribution in [0.1, 0.15) is 5.56 Å². The number of anilines is 1. The van der Waals surface area contributed by atoms with Crippen molar-refractivity contribution in [1.29, 1.82) is 0 Å². The molecule has 0 bridgehead atoms. The van der Waals surface area contributed by atoms with Crippen LogP contribution in [-0.4, -0.2) is 11.2 Å². The van der Waals surface area contributed by atoms with Crippen molar-refractivity contribution in [2.45, 2.75) is 0 Å². The van der Waals surface area contributed by atoms with Crippen LogP contribution in [0, 0.1) is 3.57 Å². The highest BCUT2D eigenvalue weighted by Gasteiger charge is 1.90. The second kappa shape index (κ2) is 5.60. The molecule has 1 aromatic carbocycles. The van der Waals surface area contributed by atoms with Crippen molar-refractivity contribution in [2.24, 2.45) is 5.10 Å². The maximum absolute atomic E-state index is 4.15. The van der Waals surface area contributed by atoms with Gasteiger partial charge in [-0.1, -0.05) is 6.07 Å². The molecule has 1 aromatic heterocycles. The standard InChI is InChI=1S/C12H10IN3/c13-11-2-1-3-12(8-11)16-15-9-10-4-6-14-7-5-10/h1-9,16H. The SMILES string of the molecule is Ic1cccc(NN=Cc2ccncc2)c1. The smallest absolute Gasteiger partial charge is 0.0572 e. The van der Waals surface area contributed by atoms with Crippen molar-refractivity contribution in [1.82, 2.24) is 4.98 Å². The fraction of sp³-hybridized carbons (Fsp3) is 0. The predicted octanol–water partition coefficient (Wildman–Crippen LogP) is 3.13. The molecule has 3 nitrogen and oxygen atoms in total. The molecule has 0 unspecified atom stereocenters. The van der Waals surface area contributed by atoms with Crippen molar-refractivity contribution >= 4 is 34.5 Å². The lowest BCUT2D eigenvalue weighted by Crippen LogP contribution is -1.90. The summed E-state index contributed by atoms with van der Waals surface area (Å²) in [5.74, 6) is 0. The van der Waals surface area contributed by atoms with Gasteiger partial charge in [0, 0.05) is 16.0 Å². The van der Waals surface area contributed by atoms with Gasteiger partial charge in [-0.15, -0.1) is 0 Å². The first-order valence-corrected chi connectivity index (χ1v) is 5.87. The second-order valence-corrected chi connectivity index (χ2v) is 4.41. The van der Waals surface area contributed by atoms with Crippen LogP contribution in [0.3, 0.4) is 0 Å². The lowest BCUT2D eigenvalue weighted by molar-refractivity contribution is 1.31. The van der Waals surface area contributed by atoms with Crippen LogP contribution >= 0.6 is 22.6 Å². The monoisotopic (exact) mass is 323 g/mol. The van der Waals surface area contributed by atoms with Gasteiger partial charge in [-0.3, -0.25) is 10.4 Å². The lowest BCUT2D eigenvalue weighted by Gasteiger charge is -1.99. The summed E-state index contributed by atoms with van der Waals surface area (Å²) in [6.07, 6.45) is 5.25. The predicted molar refractivity (Wildman–Crippen MR) is 74.6 cm³/mol. The summed E-state index contributed by atoms with van der Waals surface area (Å²) < 4.78 is 1.18. The van der Waals surface area contributed by atoms with Gasteiger partial charge in [0.2, 0.25) is 0 Å². The Morgan fingerprint density at radius 1 is 1.19 bits per heavy atom. The average molecular weight is 323 g/mol. The summed E-state index contributed by atoms with van der Waals surface area (Å²) in [7, 11) is 0. The summed E-state index contributed by atoms with van der Waals surface area (Å²) in [6.45, 7) is 0. The van der Waals surface area contributed by atoms with E-state index in [-0.39, 0.29) is 0 Å². The molecule has 0 saturated heterocycles. The zero-order chi connectivity index (χ0) is 11.2. The third-order valence-electron chi connectivity index (χ3n) is 1.94. The van der Waals surface area contributed by atoms with Gasteiger partial charge in [0.15, 0.2) is 0 Å². The molecule has 1 N–H and O–H groups in total. The fourth-order valence-electron chi connectivity index (χ4n) is 1.19. The molecule has 0 aliphatic heterocycles. The van der Waals surface area contributed by atoms with Crippen LogP contribution in [-0.2, 0) is 0 Å². The van der Waals surface area contributed by atoms with Gasteiger partial charge >= 0.3 is 0 Å². The van der Waals surface area contributed by atoms with Crippen molar-refractivity contribution in [3.05, 3.63) is 57.9 Å². The van der Waals surface area contributed by atoms with Gasteiger partial charge in [-0.25, -0.2) is 0 Å². The quantitative estimate of drug-likeness (QED) is 0.535. The highest BCUT2D eigenvalue weighted by Crippen LogP contribution is 2.11. The molecule has 0 saturated carbocycles. The van der Waals surface area contributed by atoms with E-state index in [9.17, 15) is 0 Å². The molecule has 80 valence electrons. The topological polar surface area (TPSA) is 37.3 Å². The normalized spacial score (nSPS) is 10.6. The molecule has 0 radical (unpaired) electrons. The summed E-state index contributed by atoms with van der Waals surface area (Å²) >= 11 is 2.27. The third kappa shape index (κ3) is 3.30. The van der Waals surface area contributed by atoms with E-state index in [2.05, 4.69) is 38.1 Å². The molecular formula is C12H10IN3. The Hall–Kier alpha value is -1.43. The molecule has 2 aromatic rings. The van der Waals surface area contributed by atoms with Crippen LogP contribution in [0.5, 0.6) is 0 Å². The van der Waals surface area contributed by atoms with Crippen molar-refractivity contribution in [3.8, 4) is 0 Å². The van der Waals surface area contributed by atoms with Crippen LogP contribution in [0.2, 0.25) is 0 Å². The number of hydrogen-bond donors (Lipinski definition) is 1. The van der Waals surface area contributed by atoms with Crippen molar-refractivity contribution in [2.75, 3.05) is 5.43 Å². The molecule has 4 heteroatoms. The van der Waals surface area contributed by atoms with E-state index in [0.29, 0.717) is 0 Å². The Morgan fingerprint density at radius 2 is 2.00 bits per heavy atom. The minimum atomic E-state index is 0.984. The van der Waals surface area contributed by atoms with Gasteiger partial charge in [-0.05, 0) is 58.5 Å². The first-order valence-electron chi connectivity index (χ1n) is 4.79. The molecule has 2 rings (SSSR count). The lowest BCUT2D eigenvalue weighted by atomic mass is 10.3. The Kier molecular flexibility index (Phi) is 3.87. The Morgan fingerprint density at radius 3 is 2.75 bits per heavy atom. The molecular weight excluding hydrogens is 313 g/mol. The van der Waals surface area contributed by atoms with Gasteiger partial charge in [0.25, 0.3) is 0 Å². The number of halogens is 1. The molecule has 0 aliphatic carbocycles. The number of hydrogen-bond acceptors (Lipinski definition) is 3. The van der Waals surface area contributed by atoms with Crippen LogP contribution in [0.25, 0.3) is 0 Å². The van der Waals surface area contributed by atoms with E-state index in [1.165, 1.54) is 3.57 Å². The zero-order valence-electron chi connectivity index (χ0n) is 8.47. The van der Waals surface area contributed by atoms with E-state index in [1.54, 1.807) is 18.6 Å². The summed E-state index contributed by atoms with van der Waals surface area (Å²) in [5.41, 5.74) is 4.98. The number of rotatable bonds is 3. The Balaban J connectivity index is 2.00. The van der Waals surface area contributed by atoms with Gasteiger partial charge in [-0.2, -0.15) is 5.10 Å². The maximum Gasteiger partial charge on any atom is 0.0572 e. The largest absolute Gasteiger partial charge is 0.278 e. The molecule has 0 spiro atoms. The minimum absolute atomic E-state index is 0.984. The fourth-order valence-corrected chi connectivity index (χ4v) is 1.73. The highest BCUT2D eigenvalue weighted by molar-refractivity contribution is 14.1. The minimum Gasteiger partial charge on any atom is -0.278 e. The number of nitrogens with zero attached hydrogens (tertiary/aromatic N) is 2. The number of pyridine rings is 1. The van der Waals surface area contributed by atoms with Crippen LogP contribution in [0.15, 0.2) is 53.9 Å². The van der Waals surface area contributed by atoms with Crippen molar-refractivity contribution < 1.29 is 0 Å². The van der Waals surface area contributed by atoms with Crippen LogP contribution in [0.4, 0.5) is 5.69 Å². The number of aromatic nitrogens is 1. The van der Waals surface area contributed by atoms with E-state index < -0.39 is 0 Å². The second-order valence-electron chi connectivity index (χ2n) is 3.16. The molecule has 0 fully saturated rings. The van der Waals surface area contributed by atoms with Gasteiger partial charge in [0.1, 0.15) is 0 Å². The molecule has 0 aliphatic rings. The Bertz CT molecular complexity index is 483. The highest BCUT2D eigenvalue weighted by atomic mass is 127. The first-order chi connectivity index (χ1) is 7.84. The zero-order valence-corrected chi connectivity index (χ0v) is 10.6. The van der Waals surface area contributed by atoms with E-state index >= 15 is 0 Å². The summed E-state index contributed by atoms with van der Waals surface area (Å²) in [5, 5.41) is 4.15. The molecule has 0 amide bonds.